The molecule has 0 aromatic rings. The molecule has 0 amide bonds. The van der Waals surface area contributed by atoms with Gasteiger partial charge in [0.15, 0.2) is 5.96 Å². The lowest BCUT2D eigenvalue weighted by molar-refractivity contribution is 0.578. The van der Waals surface area contributed by atoms with E-state index in [2.05, 4.69) is 34.2 Å². The number of guanidine groups is 1. The van der Waals surface area contributed by atoms with E-state index >= 15 is 0 Å². The number of aliphatic imine (C=N–C) groups is 1. The Kier molecular flexibility index (Phi) is 13.1. The van der Waals surface area contributed by atoms with Gasteiger partial charge in [0.05, 0.1) is 5.75 Å². The van der Waals surface area contributed by atoms with Crippen LogP contribution in [0, 0.1) is 0 Å². The molecule has 0 saturated heterocycles. The Morgan fingerprint density at radius 1 is 1.26 bits per heavy atom. The van der Waals surface area contributed by atoms with E-state index in [0.717, 1.165) is 18.8 Å². The molecule has 0 rings (SSSR count). The summed E-state index contributed by atoms with van der Waals surface area (Å²) in [5, 5.41) is 6.38. The van der Waals surface area contributed by atoms with Crippen molar-refractivity contribution in [1.82, 2.24) is 15.4 Å². The molecule has 3 N–H and O–H groups in total. The molecule has 116 valence electrons. The van der Waals surface area contributed by atoms with Gasteiger partial charge in [-0.25, -0.2) is 13.1 Å². The number of nitrogens with zero attached hydrogens (tertiary/aromatic N) is 1. The van der Waals surface area contributed by atoms with Crippen LogP contribution in [0.3, 0.4) is 0 Å². The minimum Gasteiger partial charge on any atom is -0.356 e. The predicted molar refractivity (Wildman–Crippen MR) is 91.7 cm³/mol. The largest absolute Gasteiger partial charge is 0.356 e. The molecule has 0 aromatic heterocycles. The smallest absolute Gasteiger partial charge is 0.211 e. The molecule has 1 unspecified atom stereocenters. The maximum absolute atomic E-state index is 11.2. The van der Waals surface area contributed by atoms with Crippen LogP contribution < -0.4 is 15.4 Å². The topological polar surface area (TPSA) is 82.6 Å². The number of hydrogen-bond donors (Lipinski definition) is 3. The first-order valence-electron chi connectivity index (χ1n) is 6.39. The molecule has 0 aliphatic rings. The van der Waals surface area contributed by atoms with Gasteiger partial charge in [-0.2, -0.15) is 0 Å². The van der Waals surface area contributed by atoms with Gasteiger partial charge in [-0.1, -0.05) is 6.92 Å². The molecule has 0 spiro atoms. The summed E-state index contributed by atoms with van der Waals surface area (Å²) in [6.45, 7) is 6.94. The Bertz CT molecular complexity index is 347. The van der Waals surface area contributed by atoms with Crippen molar-refractivity contribution < 1.29 is 8.42 Å². The standard InChI is InChI=1S/C11H26N4O2S.HI/c1-5-10(3)15-11(12-4)13-8-7-9-14-18(16,17)6-2;/h10,14H,5-9H2,1-4H3,(H2,12,13,15);1H. The Hall–Kier alpha value is -0.0900. The van der Waals surface area contributed by atoms with Gasteiger partial charge in [0.2, 0.25) is 10.0 Å². The van der Waals surface area contributed by atoms with Crippen LogP contribution in [0.25, 0.3) is 0 Å². The number of halogens is 1. The highest BCUT2D eigenvalue weighted by atomic mass is 127. The SMILES string of the molecule is CCC(C)NC(=NC)NCCCNS(=O)(=O)CC.I. The second kappa shape index (κ2) is 11.7. The van der Waals surface area contributed by atoms with Gasteiger partial charge in [0, 0.05) is 26.2 Å². The molecule has 0 saturated carbocycles. The fraction of sp³-hybridized carbons (Fsp3) is 0.909. The molecule has 0 radical (unpaired) electrons. The zero-order valence-corrected chi connectivity index (χ0v) is 15.3. The molecule has 0 aromatic carbocycles. The van der Waals surface area contributed by atoms with Crippen LogP contribution >= 0.6 is 24.0 Å². The zero-order valence-electron chi connectivity index (χ0n) is 12.2. The monoisotopic (exact) mass is 406 g/mol. The van der Waals surface area contributed by atoms with Gasteiger partial charge in [-0.3, -0.25) is 4.99 Å². The van der Waals surface area contributed by atoms with Crippen LogP contribution in [0.2, 0.25) is 0 Å². The number of nitrogens with one attached hydrogen (secondary N) is 3. The number of rotatable bonds is 8. The average Bonchev–Trinajstić information content (AvgIpc) is 2.36. The predicted octanol–water partition coefficient (Wildman–Crippen LogP) is 0.897. The summed E-state index contributed by atoms with van der Waals surface area (Å²) in [7, 11) is -1.35. The lowest BCUT2D eigenvalue weighted by Crippen LogP contribution is -2.42. The maximum Gasteiger partial charge on any atom is 0.211 e. The summed E-state index contributed by atoms with van der Waals surface area (Å²) in [5.74, 6) is 0.875. The van der Waals surface area contributed by atoms with Crippen molar-refractivity contribution in [3.63, 3.8) is 0 Å². The number of sulfonamides is 1. The molecule has 0 aliphatic carbocycles. The van der Waals surface area contributed by atoms with Crippen molar-refractivity contribution in [2.45, 2.75) is 39.7 Å². The van der Waals surface area contributed by atoms with Crippen LogP contribution in [0.5, 0.6) is 0 Å². The molecule has 6 nitrogen and oxygen atoms in total. The van der Waals surface area contributed by atoms with Crippen LogP contribution in [0.4, 0.5) is 0 Å². The van der Waals surface area contributed by atoms with E-state index in [-0.39, 0.29) is 29.7 Å². The van der Waals surface area contributed by atoms with E-state index in [1.165, 1.54) is 0 Å². The fourth-order valence-corrected chi connectivity index (χ4v) is 1.81. The minimum atomic E-state index is -3.07. The third kappa shape index (κ3) is 11.4. The molecule has 0 aliphatic heterocycles. The highest BCUT2D eigenvalue weighted by molar-refractivity contribution is 14.0. The van der Waals surface area contributed by atoms with E-state index in [4.69, 9.17) is 0 Å². The summed E-state index contributed by atoms with van der Waals surface area (Å²) >= 11 is 0. The lowest BCUT2D eigenvalue weighted by atomic mass is 10.3. The third-order valence-corrected chi connectivity index (χ3v) is 3.97. The Balaban J connectivity index is 0. The first-order chi connectivity index (χ1) is 8.45. The first-order valence-corrected chi connectivity index (χ1v) is 8.04. The van der Waals surface area contributed by atoms with Crippen molar-refractivity contribution in [3.8, 4) is 0 Å². The molecule has 0 bridgehead atoms. The van der Waals surface area contributed by atoms with Gasteiger partial charge in [0.25, 0.3) is 0 Å². The van der Waals surface area contributed by atoms with Gasteiger partial charge < -0.3 is 10.6 Å². The van der Waals surface area contributed by atoms with Crippen molar-refractivity contribution in [1.29, 1.82) is 0 Å². The van der Waals surface area contributed by atoms with Crippen molar-refractivity contribution in [2.24, 2.45) is 4.99 Å². The number of hydrogen-bond acceptors (Lipinski definition) is 3. The van der Waals surface area contributed by atoms with Gasteiger partial charge >= 0.3 is 0 Å². The highest BCUT2D eigenvalue weighted by Crippen LogP contribution is 1.87. The molecular formula is C11H27IN4O2S. The van der Waals surface area contributed by atoms with E-state index in [0.29, 0.717) is 19.1 Å². The molecule has 19 heavy (non-hydrogen) atoms. The summed E-state index contributed by atoms with van der Waals surface area (Å²) < 4.78 is 24.9. The quantitative estimate of drug-likeness (QED) is 0.242. The average molecular weight is 406 g/mol. The minimum absolute atomic E-state index is 0. The first kappa shape index (κ1) is 21.2. The zero-order chi connectivity index (χ0) is 14.0. The summed E-state index contributed by atoms with van der Waals surface area (Å²) in [6, 6.07) is 0.370. The maximum atomic E-state index is 11.2. The Morgan fingerprint density at radius 3 is 2.37 bits per heavy atom. The lowest BCUT2D eigenvalue weighted by Gasteiger charge is -2.16. The molecule has 8 heteroatoms. The van der Waals surface area contributed by atoms with E-state index in [9.17, 15) is 8.42 Å². The normalized spacial score (nSPS) is 13.6. The molecular weight excluding hydrogens is 379 g/mol. The van der Waals surface area contributed by atoms with Crippen LogP contribution in [0.15, 0.2) is 4.99 Å². The van der Waals surface area contributed by atoms with Crippen LogP contribution in [-0.4, -0.2) is 46.3 Å². The second-order valence-electron chi connectivity index (χ2n) is 4.10. The van der Waals surface area contributed by atoms with Crippen LogP contribution in [-0.2, 0) is 10.0 Å². The van der Waals surface area contributed by atoms with E-state index < -0.39 is 10.0 Å². The van der Waals surface area contributed by atoms with Crippen LogP contribution in [0.1, 0.15) is 33.6 Å². The van der Waals surface area contributed by atoms with Crippen molar-refractivity contribution in [2.75, 3.05) is 25.9 Å². The summed E-state index contributed by atoms with van der Waals surface area (Å²) in [4.78, 5) is 4.09. The Morgan fingerprint density at radius 2 is 1.89 bits per heavy atom. The van der Waals surface area contributed by atoms with Crippen molar-refractivity contribution >= 4 is 40.0 Å². The third-order valence-electron chi connectivity index (χ3n) is 2.57. The van der Waals surface area contributed by atoms with Gasteiger partial charge in [0.1, 0.15) is 0 Å². The molecule has 0 fully saturated rings. The van der Waals surface area contributed by atoms with Gasteiger partial charge in [-0.15, -0.1) is 24.0 Å². The van der Waals surface area contributed by atoms with E-state index in [1.54, 1.807) is 14.0 Å². The van der Waals surface area contributed by atoms with Gasteiger partial charge in [-0.05, 0) is 26.7 Å². The second-order valence-corrected chi connectivity index (χ2v) is 6.20. The van der Waals surface area contributed by atoms with Crippen molar-refractivity contribution in [3.05, 3.63) is 0 Å². The molecule has 0 heterocycles. The Labute approximate surface area is 134 Å². The summed E-state index contributed by atoms with van der Waals surface area (Å²) in [5.41, 5.74) is 0. The fourth-order valence-electron chi connectivity index (χ4n) is 1.16. The highest BCUT2D eigenvalue weighted by Gasteiger charge is 2.05. The van der Waals surface area contributed by atoms with E-state index in [1.807, 2.05) is 0 Å². The molecule has 1 atom stereocenters. The summed E-state index contributed by atoms with van der Waals surface area (Å²) in [6.07, 6.45) is 1.75.